The van der Waals surface area contributed by atoms with E-state index in [1.165, 1.54) is 64.2 Å². The van der Waals surface area contributed by atoms with Crippen molar-refractivity contribution >= 4 is 0 Å². The van der Waals surface area contributed by atoms with Crippen LogP contribution >= 0.6 is 0 Å². The predicted octanol–water partition coefficient (Wildman–Crippen LogP) is 5.85. The maximum absolute atomic E-state index is 13.4. The third kappa shape index (κ3) is 3.48. The summed E-state index contributed by atoms with van der Waals surface area (Å²) in [6.45, 7) is 0. The van der Waals surface area contributed by atoms with Gasteiger partial charge in [-0.1, -0.05) is 12.5 Å². The summed E-state index contributed by atoms with van der Waals surface area (Å²) in [4.78, 5) is 4.46. The Morgan fingerprint density at radius 1 is 1.08 bits per heavy atom. The minimum atomic E-state index is -0.344. The molecular formula is C21H24FNO2. The first-order valence-corrected chi connectivity index (χ1v) is 9.15. The van der Waals surface area contributed by atoms with Crippen LogP contribution in [0.15, 0.2) is 36.5 Å². The quantitative estimate of drug-likeness (QED) is 0.699. The molecular weight excluding hydrogens is 317 g/mol. The fourth-order valence-corrected chi connectivity index (χ4v) is 4.09. The van der Waals surface area contributed by atoms with Crippen LogP contribution in [0, 0.1) is 11.2 Å². The molecule has 0 bridgehead atoms. The maximum atomic E-state index is 13.4. The van der Waals surface area contributed by atoms with E-state index in [0.717, 1.165) is 5.56 Å². The van der Waals surface area contributed by atoms with Gasteiger partial charge in [-0.25, -0.2) is 9.37 Å². The molecule has 2 aromatic rings. The van der Waals surface area contributed by atoms with Crippen LogP contribution in [0.2, 0.25) is 0 Å². The summed E-state index contributed by atoms with van der Waals surface area (Å²) in [5.74, 6) is 1.63. The number of halogens is 1. The summed E-state index contributed by atoms with van der Waals surface area (Å²) in [6.07, 6.45) is 10.9. The van der Waals surface area contributed by atoms with E-state index in [4.69, 9.17) is 9.47 Å². The number of hydrogen-bond donors (Lipinski definition) is 0. The van der Waals surface area contributed by atoms with Gasteiger partial charge in [0.1, 0.15) is 5.82 Å². The van der Waals surface area contributed by atoms with Gasteiger partial charge in [0.25, 0.3) is 0 Å². The smallest absolute Gasteiger partial charge is 0.222 e. The Morgan fingerprint density at radius 3 is 2.76 bits per heavy atom. The van der Waals surface area contributed by atoms with E-state index >= 15 is 0 Å². The topological polar surface area (TPSA) is 31.4 Å². The van der Waals surface area contributed by atoms with Crippen molar-refractivity contribution in [1.82, 2.24) is 4.98 Å². The highest BCUT2D eigenvalue weighted by Gasteiger charge is 2.43. The number of methoxy groups -OCH3 is 1. The third-order valence-corrected chi connectivity index (χ3v) is 5.81. The Labute approximate surface area is 148 Å². The molecule has 2 aliphatic rings. The molecule has 1 aromatic heterocycles. The second-order valence-electron chi connectivity index (χ2n) is 7.42. The van der Waals surface area contributed by atoms with E-state index in [-0.39, 0.29) is 5.82 Å². The molecule has 4 heteroatoms. The standard InChI is InChI=1S/C21H24FNO2/c1-24-19-14-16(22)6-7-18(19)25-20-17(5-3-13-23-20)15-4-2-9-21(10-8-15)11-12-21/h3,5-7,13-15H,2,4,8-12H2,1H3. The van der Waals surface area contributed by atoms with Crippen LogP contribution in [0.1, 0.15) is 56.4 Å². The second-order valence-corrected chi connectivity index (χ2v) is 7.42. The van der Waals surface area contributed by atoms with Gasteiger partial charge in [-0.15, -0.1) is 0 Å². The molecule has 1 unspecified atom stereocenters. The second kappa shape index (κ2) is 6.66. The molecule has 2 fully saturated rings. The molecule has 2 saturated carbocycles. The molecule has 3 nitrogen and oxygen atoms in total. The molecule has 1 spiro atoms. The number of rotatable bonds is 4. The summed E-state index contributed by atoms with van der Waals surface area (Å²) in [5.41, 5.74) is 1.81. The first-order valence-electron chi connectivity index (χ1n) is 9.15. The van der Waals surface area contributed by atoms with Crippen molar-refractivity contribution in [1.29, 1.82) is 0 Å². The van der Waals surface area contributed by atoms with Gasteiger partial charge in [-0.05, 0) is 68.1 Å². The van der Waals surface area contributed by atoms with E-state index in [2.05, 4.69) is 11.1 Å². The average molecular weight is 341 g/mol. The van der Waals surface area contributed by atoms with Crippen LogP contribution in [0.5, 0.6) is 17.4 Å². The van der Waals surface area contributed by atoms with E-state index < -0.39 is 0 Å². The summed E-state index contributed by atoms with van der Waals surface area (Å²) in [7, 11) is 1.52. The molecule has 1 atom stereocenters. The number of aromatic nitrogens is 1. The predicted molar refractivity (Wildman–Crippen MR) is 94.8 cm³/mol. The Morgan fingerprint density at radius 2 is 1.96 bits per heavy atom. The van der Waals surface area contributed by atoms with Gasteiger partial charge in [-0.3, -0.25) is 0 Å². The lowest BCUT2D eigenvalue weighted by atomic mass is 9.91. The van der Waals surface area contributed by atoms with Crippen molar-refractivity contribution in [2.75, 3.05) is 7.11 Å². The lowest BCUT2D eigenvalue weighted by molar-refractivity contribution is 0.367. The maximum Gasteiger partial charge on any atom is 0.222 e. The summed E-state index contributed by atoms with van der Waals surface area (Å²) < 4.78 is 24.7. The first kappa shape index (κ1) is 16.4. The van der Waals surface area contributed by atoms with Gasteiger partial charge in [0.15, 0.2) is 11.5 Å². The van der Waals surface area contributed by atoms with Crippen LogP contribution in [0.4, 0.5) is 4.39 Å². The molecule has 132 valence electrons. The molecule has 4 rings (SSSR count). The van der Waals surface area contributed by atoms with Crippen LogP contribution < -0.4 is 9.47 Å². The zero-order chi connectivity index (χ0) is 17.3. The minimum absolute atomic E-state index is 0.344. The molecule has 0 aliphatic heterocycles. The van der Waals surface area contributed by atoms with Gasteiger partial charge in [0.05, 0.1) is 7.11 Å². The summed E-state index contributed by atoms with van der Waals surface area (Å²) in [5, 5.41) is 0. The van der Waals surface area contributed by atoms with Crippen molar-refractivity contribution in [3.8, 4) is 17.4 Å². The molecule has 0 radical (unpaired) electrons. The van der Waals surface area contributed by atoms with Gasteiger partial charge >= 0.3 is 0 Å². The number of nitrogens with zero attached hydrogens (tertiary/aromatic N) is 1. The Bertz CT molecular complexity index is 757. The molecule has 0 saturated heterocycles. The molecule has 1 aromatic carbocycles. The lowest BCUT2D eigenvalue weighted by Gasteiger charge is -2.19. The molecule has 0 amide bonds. The minimum Gasteiger partial charge on any atom is -0.493 e. The van der Waals surface area contributed by atoms with Gasteiger partial charge < -0.3 is 9.47 Å². The van der Waals surface area contributed by atoms with Crippen molar-refractivity contribution in [2.45, 2.75) is 50.9 Å². The normalized spacial score (nSPS) is 21.6. The largest absolute Gasteiger partial charge is 0.493 e. The summed E-state index contributed by atoms with van der Waals surface area (Å²) in [6, 6.07) is 8.40. The van der Waals surface area contributed by atoms with Crippen molar-refractivity contribution in [2.24, 2.45) is 5.41 Å². The van der Waals surface area contributed by atoms with Crippen molar-refractivity contribution in [3.05, 3.63) is 47.9 Å². The van der Waals surface area contributed by atoms with E-state index in [9.17, 15) is 4.39 Å². The highest BCUT2D eigenvalue weighted by atomic mass is 19.1. The Balaban J connectivity index is 1.59. The van der Waals surface area contributed by atoms with E-state index in [1.54, 1.807) is 12.3 Å². The number of hydrogen-bond acceptors (Lipinski definition) is 3. The Hall–Kier alpha value is -2.10. The van der Waals surface area contributed by atoms with E-state index in [1.807, 2.05) is 6.07 Å². The molecule has 2 aliphatic carbocycles. The zero-order valence-corrected chi connectivity index (χ0v) is 14.6. The van der Waals surface area contributed by atoms with Crippen LogP contribution in [0.25, 0.3) is 0 Å². The van der Waals surface area contributed by atoms with Crippen LogP contribution in [-0.4, -0.2) is 12.1 Å². The number of ether oxygens (including phenoxy) is 2. The highest BCUT2D eigenvalue weighted by molar-refractivity contribution is 5.43. The molecule has 1 heterocycles. The van der Waals surface area contributed by atoms with Crippen molar-refractivity contribution in [3.63, 3.8) is 0 Å². The van der Waals surface area contributed by atoms with Gasteiger partial charge in [-0.2, -0.15) is 0 Å². The lowest BCUT2D eigenvalue weighted by Crippen LogP contribution is -2.03. The molecule has 25 heavy (non-hydrogen) atoms. The molecule has 0 N–H and O–H groups in total. The van der Waals surface area contributed by atoms with Crippen LogP contribution in [0.3, 0.4) is 0 Å². The van der Waals surface area contributed by atoms with Gasteiger partial charge in [0, 0.05) is 17.8 Å². The monoisotopic (exact) mass is 341 g/mol. The highest BCUT2D eigenvalue weighted by Crippen LogP contribution is 2.57. The number of benzene rings is 1. The number of pyridine rings is 1. The zero-order valence-electron chi connectivity index (χ0n) is 14.6. The average Bonchev–Trinajstić information content (AvgIpc) is 3.43. The van der Waals surface area contributed by atoms with E-state index in [0.29, 0.717) is 28.7 Å². The first-order chi connectivity index (χ1) is 12.2. The fourth-order valence-electron chi connectivity index (χ4n) is 4.09. The SMILES string of the molecule is COc1cc(F)ccc1Oc1ncccc1C1CCCC2(CC1)CC2. The Kier molecular flexibility index (Phi) is 4.36. The fraction of sp³-hybridized carbons (Fsp3) is 0.476. The summed E-state index contributed by atoms with van der Waals surface area (Å²) >= 11 is 0. The van der Waals surface area contributed by atoms with Gasteiger partial charge in [0.2, 0.25) is 5.88 Å². The van der Waals surface area contributed by atoms with Crippen LogP contribution in [-0.2, 0) is 0 Å². The third-order valence-electron chi connectivity index (χ3n) is 5.81. The van der Waals surface area contributed by atoms with Crippen molar-refractivity contribution < 1.29 is 13.9 Å².